The highest BCUT2D eigenvalue weighted by molar-refractivity contribution is 6.79. The summed E-state index contributed by atoms with van der Waals surface area (Å²) in [6.07, 6.45) is 2.80. The van der Waals surface area contributed by atoms with Crippen LogP contribution in [-0.4, -0.2) is 13.6 Å². The van der Waals surface area contributed by atoms with E-state index in [9.17, 15) is 0 Å². The van der Waals surface area contributed by atoms with Crippen molar-refractivity contribution < 1.29 is 0 Å². The van der Waals surface area contributed by atoms with E-state index in [2.05, 4.69) is 26.9 Å². The molecule has 0 bridgehead atoms. The minimum Gasteiger partial charge on any atom is -0.326 e. The second-order valence-electron chi connectivity index (χ2n) is 5.25. The smallest absolute Gasteiger partial charge is 0.0524 e. The van der Waals surface area contributed by atoms with Crippen LogP contribution in [0, 0.1) is 0 Å². The molecule has 0 saturated carbocycles. The minimum absolute atomic E-state index is 0.0756. The Morgan fingerprint density at radius 2 is 1.91 bits per heavy atom. The zero-order chi connectivity index (χ0) is 8.70. The molecule has 2 N–H and O–H groups in total. The fourth-order valence-electron chi connectivity index (χ4n) is 2.71. The molecule has 1 rings (SSSR count). The fourth-order valence-corrected chi connectivity index (χ4v) is 7.17. The van der Waals surface area contributed by atoms with Crippen molar-refractivity contribution in [3.63, 3.8) is 0 Å². The largest absolute Gasteiger partial charge is 0.326 e. The van der Waals surface area contributed by atoms with E-state index < -0.39 is 8.07 Å². The molecule has 11 heavy (non-hydrogen) atoms. The van der Waals surface area contributed by atoms with Crippen molar-refractivity contribution >= 4 is 8.07 Å². The van der Waals surface area contributed by atoms with Crippen molar-refractivity contribution in [1.29, 1.82) is 0 Å². The molecule has 0 aromatic carbocycles. The van der Waals surface area contributed by atoms with Gasteiger partial charge in [0, 0.05) is 5.54 Å². The number of nitrogens with two attached hydrogens (primary N) is 1. The highest BCUT2D eigenvalue weighted by Gasteiger charge is 2.43. The molecule has 0 aromatic heterocycles. The van der Waals surface area contributed by atoms with Crippen molar-refractivity contribution in [2.45, 2.75) is 56.9 Å². The van der Waals surface area contributed by atoms with Crippen molar-refractivity contribution in [2.75, 3.05) is 0 Å². The Bertz CT molecular complexity index is 146. The third kappa shape index (κ3) is 1.85. The van der Waals surface area contributed by atoms with Gasteiger partial charge in [-0.2, -0.15) is 0 Å². The van der Waals surface area contributed by atoms with Gasteiger partial charge in [-0.3, -0.25) is 0 Å². The first-order valence-electron chi connectivity index (χ1n) is 4.63. The molecule has 1 saturated heterocycles. The standard InChI is InChI=1S/C9H21NSi/c1-9(2,10)8-6-5-7-11(8,3)4/h8H,5-7,10H2,1-4H3. The molecule has 0 aromatic rings. The van der Waals surface area contributed by atoms with Crippen molar-refractivity contribution in [1.82, 2.24) is 0 Å². The van der Waals surface area contributed by atoms with E-state index in [1.54, 1.807) is 0 Å². The average Bonchev–Trinajstić information content (AvgIpc) is 2.06. The molecule has 0 spiro atoms. The van der Waals surface area contributed by atoms with Crippen LogP contribution >= 0.6 is 0 Å². The lowest BCUT2D eigenvalue weighted by Gasteiger charge is -2.36. The van der Waals surface area contributed by atoms with E-state index in [-0.39, 0.29) is 5.54 Å². The Balaban J connectivity index is 2.73. The fraction of sp³-hybridized carbons (Fsp3) is 1.00. The SMILES string of the molecule is CC(C)(N)C1CCC[Si]1(C)C. The number of hydrogen-bond donors (Lipinski definition) is 1. The summed E-state index contributed by atoms with van der Waals surface area (Å²) in [5.41, 5.74) is 7.07. The minimum atomic E-state index is -0.930. The Morgan fingerprint density at radius 1 is 1.36 bits per heavy atom. The first kappa shape index (κ1) is 9.27. The lowest BCUT2D eigenvalue weighted by atomic mass is 9.99. The number of rotatable bonds is 1. The van der Waals surface area contributed by atoms with Gasteiger partial charge in [-0.1, -0.05) is 32.0 Å². The summed E-state index contributed by atoms with van der Waals surface area (Å²) in [6.45, 7) is 9.36. The molecule has 1 atom stereocenters. The summed E-state index contributed by atoms with van der Waals surface area (Å²) in [5.74, 6) is 0. The second-order valence-corrected chi connectivity index (χ2v) is 10.4. The zero-order valence-corrected chi connectivity index (χ0v) is 9.28. The van der Waals surface area contributed by atoms with Crippen LogP contribution in [0.15, 0.2) is 0 Å². The normalized spacial score (nSPS) is 30.8. The molecule has 1 aliphatic rings. The molecule has 0 amide bonds. The van der Waals surface area contributed by atoms with Crippen LogP contribution in [0.1, 0.15) is 26.7 Å². The highest BCUT2D eigenvalue weighted by atomic mass is 28.3. The maximum atomic E-state index is 6.15. The van der Waals surface area contributed by atoms with Gasteiger partial charge in [-0.15, -0.1) is 0 Å². The van der Waals surface area contributed by atoms with E-state index in [1.807, 2.05) is 0 Å². The summed E-state index contributed by atoms with van der Waals surface area (Å²) < 4.78 is 0. The molecular formula is C9H21NSi. The summed E-state index contributed by atoms with van der Waals surface area (Å²) in [4.78, 5) is 0. The van der Waals surface area contributed by atoms with Crippen LogP contribution in [-0.2, 0) is 0 Å². The van der Waals surface area contributed by atoms with Gasteiger partial charge >= 0.3 is 0 Å². The molecule has 66 valence electrons. The maximum Gasteiger partial charge on any atom is 0.0524 e. The van der Waals surface area contributed by atoms with E-state index in [4.69, 9.17) is 5.73 Å². The van der Waals surface area contributed by atoms with E-state index in [0.29, 0.717) is 0 Å². The Hall–Kier alpha value is 0.177. The first-order chi connectivity index (χ1) is 4.84. The van der Waals surface area contributed by atoms with Gasteiger partial charge in [-0.25, -0.2) is 0 Å². The van der Waals surface area contributed by atoms with Gasteiger partial charge in [0.15, 0.2) is 0 Å². The van der Waals surface area contributed by atoms with E-state index in [0.717, 1.165) is 5.54 Å². The van der Waals surface area contributed by atoms with Gasteiger partial charge in [0.2, 0.25) is 0 Å². The molecule has 0 radical (unpaired) electrons. The number of hydrogen-bond acceptors (Lipinski definition) is 1. The molecule has 0 aliphatic carbocycles. The third-order valence-corrected chi connectivity index (χ3v) is 7.72. The topological polar surface area (TPSA) is 26.0 Å². The zero-order valence-electron chi connectivity index (χ0n) is 8.28. The molecule has 1 nitrogen and oxygen atoms in total. The van der Waals surface area contributed by atoms with Gasteiger partial charge in [0.05, 0.1) is 8.07 Å². The lowest BCUT2D eigenvalue weighted by molar-refractivity contribution is 0.461. The van der Waals surface area contributed by atoms with Crippen molar-refractivity contribution in [2.24, 2.45) is 5.73 Å². The highest BCUT2D eigenvalue weighted by Crippen LogP contribution is 2.44. The molecular weight excluding hydrogens is 150 g/mol. The Morgan fingerprint density at radius 3 is 2.09 bits per heavy atom. The van der Waals surface area contributed by atoms with Crippen LogP contribution in [0.2, 0.25) is 24.7 Å². The van der Waals surface area contributed by atoms with Crippen LogP contribution in [0.4, 0.5) is 0 Å². The third-order valence-electron chi connectivity index (χ3n) is 3.16. The Labute approximate surface area is 71.4 Å². The summed E-state index contributed by atoms with van der Waals surface area (Å²) in [6, 6.07) is 1.48. The molecule has 1 fully saturated rings. The predicted molar refractivity (Wildman–Crippen MR) is 53.5 cm³/mol. The van der Waals surface area contributed by atoms with Gasteiger partial charge in [-0.05, 0) is 19.4 Å². The average molecular weight is 171 g/mol. The first-order valence-corrected chi connectivity index (χ1v) is 7.91. The van der Waals surface area contributed by atoms with E-state index >= 15 is 0 Å². The van der Waals surface area contributed by atoms with Gasteiger partial charge < -0.3 is 5.73 Å². The van der Waals surface area contributed by atoms with Crippen LogP contribution < -0.4 is 5.73 Å². The second kappa shape index (κ2) is 2.59. The summed E-state index contributed by atoms with van der Waals surface area (Å²) in [5, 5.41) is 0. The summed E-state index contributed by atoms with van der Waals surface area (Å²) in [7, 11) is -0.930. The van der Waals surface area contributed by atoms with Crippen LogP contribution in [0.25, 0.3) is 0 Å². The molecule has 1 heterocycles. The molecule has 1 aliphatic heterocycles. The maximum absolute atomic E-state index is 6.15. The predicted octanol–water partition coefficient (Wildman–Crippen LogP) is 2.60. The van der Waals surface area contributed by atoms with Crippen molar-refractivity contribution in [3.05, 3.63) is 0 Å². The monoisotopic (exact) mass is 171 g/mol. The molecule has 1 unspecified atom stereocenters. The van der Waals surface area contributed by atoms with Gasteiger partial charge in [0.1, 0.15) is 0 Å². The quantitative estimate of drug-likeness (QED) is 0.603. The summed E-state index contributed by atoms with van der Waals surface area (Å²) >= 11 is 0. The van der Waals surface area contributed by atoms with Gasteiger partial charge in [0.25, 0.3) is 0 Å². The van der Waals surface area contributed by atoms with Crippen molar-refractivity contribution in [3.8, 4) is 0 Å². The van der Waals surface area contributed by atoms with E-state index in [1.165, 1.54) is 18.9 Å². The lowest BCUT2D eigenvalue weighted by Crippen LogP contribution is -2.46. The Kier molecular flexibility index (Phi) is 2.19. The van der Waals surface area contributed by atoms with Crippen LogP contribution in [0.5, 0.6) is 0 Å². The van der Waals surface area contributed by atoms with Crippen LogP contribution in [0.3, 0.4) is 0 Å². The molecule has 2 heteroatoms.